The number of rotatable bonds is 13. The topological polar surface area (TPSA) is 55.6 Å². The van der Waals surface area contributed by atoms with Crippen molar-refractivity contribution in [3.8, 4) is 0 Å². The Morgan fingerprint density at radius 1 is 1.13 bits per heavy atom. The molecule has 0 bridgehead atoms. The maximum atomic E-state index is 12.6. The first-order valence-corrected chi connectivity index (χ1v) is 12.9. The molecule has 0 radical (unpaired) electrons. The minimum absolute atomic E-state index is 0.264. The molecule has 2 rings (SSSR count). The van der Waals surface area contributed by atoms with Crippen molar-refractivity contribution in [2.45, 2.75) is 90.1 Å². The van der Waals surface area contributed by atoms with Crippen LogP contribution in [0.1, 0.15) is 93.5 Å². The molecule has 2 N–H and O–H groups in total. The molecule has 170 valence electrons. The van der Waals surface area contributed by atoms with Crippen LogP contribution >= 0.6 is 27.5 Å². The molecule has 0 saturated heterocycles. The predicted molar refractivity (Wildman–Crippen MR) is 130 cm³/mol. The minimum atomic E-state index is -0.264. The van der Waals surface area contributed by atoms with Gasteiger partial charge in [-0.3, -0.25) is 4.90 Å². The molecule has 0 heterocycles. The van der Waals surface area contributed by atoms with Crippen LogP contribution in [0.25, 0.3) is 0 Å². The van der Waals surface area contributed by atoms with E-state index in [0.29, 0.717) is 18.2 Å². The SMILES string of the molecule is CCN(Cc1cc(C(=O)OCCCCCCCCCl)cc(Br)c1N)C1CCCCC1. The maximum absolute atomic E-state index is 12.6. The number of benzene rings is 1. The highest BCUT2D eigenvalue weighted by atomic mass is 79.9. The van der Waals surface area contributed by atoms with E-state index in [1.807, 2.05) is 6.07 Å². The first-order valence-electron chi connectivity index (χ1n) is 11.6. The van der Waals surface area contributed by atoms with Gasteiger partial charge in [0.25, 0.3) is 0 Å². The monoisotopic (exact) mass is 500 g/mol. The zero-order valence-corrected chi connectivity index (χ0v) is 20.8. The number of esters is 1. The van der Waals surface area contributed by atoms with E-state index in [9.17, 15) is 4.79 Å². The lowest BCUT2D eigenvalue weighted by molar-refractivity contribution is 0.0497. The van der Waals surface area contributed by atoms with Crippen LogP contribution in [-0.2, 0) is 11.3 Å². The molecule has 1 aromatic carbocycles. The normalized spacial score (nSPS) is 14.9. The van der Waals surface area contributed by atoms with Crippen molar-refractivity contribution in [1.82, 2.24) is 4.90 Å². The van der Waals surface area contributed by atoms with Crippen LogP contribution < -0.4 is 5.73 Å². The summed E-state index contributed by atoms with van der Waals surface area (Å²) in [5.41, 5.74) is 8.64. The van der Waals surface area contributed by atoms with Gasteiger partial charge in [-0.15, -0.1) is 11.6 Å². The highest BCUT2D eigenvalue weighted by Crippen LogP contribution is 2.30. The van der Waals surface area contributed by atoms with Crippen LogP contribution in [0.4, 0.5) is 5.69 Å². The number of halogens is 2. The van der Waals surface area contributed by atoms with E-state index < -0.39 is 0 Å². The van der Waals surface area contributed by atoms with E-state index in [1.54, 1.807) is 6.07 Å². The standard InChI is InChI=1S/C24H38BrClN2O2/c1-2-28(21-12-8-7-9-13-21)18-20-16-19(17-22(25)23(20)27)24(29)30-15-11-6-4-3-5-10-14-26/h16-17,21H,2-15,18,27H2,1H3. The van der Waals surface area contributed by atoms with Gasteiger partial charge < -0.3 is 10.5 Å². The highest BCUT2D eigenvalue weighted by molar-refractivity contribution is 9.10. The average Bonchev–Trinajstić information content (AvgIpc) is 2.76. The van der Waals surface area contributed by atoms with Gasteiger partial charge in [0.15, 0.2) is 0 Å². The smallest absolute Gasteiger partial charge is 0.338 e. The summed E-state index contributed by atoms with van der Waals surface area (Å²) in [7, 11) is 0. The number of alkyl halides is 1. The number of carbonyl (C=O) groups is 1. The number of unbranched alkanes of at least 4 members (excludes halogenated alkanes) is 5. The van der Waals surface area contributed by atoms with Crippen molar-refractivity contribution in [2.75, 3.05) is 24.8 Å². The Labute approximate surface area is 196 Å². The quantitative estimate of drug-likeness (QED) is 0.138. The number of nitrogen functional groups attached to an aromatic ring is 1. The van der Waals surface area contributed by atoms with E-state index >= 15 is 0 Å². The lowest BCUT2D eigenvalue weighted by Gasteiger charge is -2.34. The van der Waals surface area contributed by atoms with Crippen molar-refractivity contribution in [3.63, 3.8) is 0 Å². The Balaban J connectivity index is 1.89. The number of ether oxygens (including phenoxy) is 1. The van der Waals surface area contributed by atoms with Crippen LogP contribution in [0.3, 0.4) is 0 Å². The first-order chi connectivity index (χ1) is 14.6. The third kappa shape index (κ3) is 8.39. The van der Waals surface area contributed by atoms with E-state index in [-0.39, 0.29) is 5.97 Å². The summed E-state index contributed by atoms with van der Waals surface area (Å²) >= 11 is 9.23. The summed E-state index contributed by atoms with van der Waals surface area (Å²) < 4.78 is 6.29. The average molecular weight is 502 g/mol. The summed E-state index contributed by atoms with van der Waals surface area (Å²) in [5, 5.41) is 0. The number of nitrogens with zero attached hydrogens (tertiary/aromatic N) is 1. The molecule has 0 spiro atoms. The Morgan fingerprint density at radius 3 is 2.47 bits per heavy atom. The zero-order valence-electron chi connectivity index (χ0n) is 18.4. The minimum Gasteiger partial charge on any atom is -0.462 e. The van der Waals surface area contributed by atoms with Gasteiger partial charge >= 0.3 is 5.97 Å². The van der Waals surface area contributed by atoms with Gasteiger partial charge in [0.1, 0.15) is 0 Å². The molecule has 1 fully saturated rings. The molecular formula is C24H38BrClN2O2. The van der Waals surface area contributed by atoms with Crippen LogP contribution in [0.5, 0.6) is 0 Å². The molecule has 0 atom stereocenters. The Bertz CT molecular complexity index is 650. The molecule has 1 aliphatic carbocycles. The van der Waals surface area contributed by atoms with Crippen LogP contribution in [0.2, 0.25) is 0 Å². The Morgan fingerprint density at radius 2 is 1.80 bits per heavy atom. The largest absolute Gasteiger partial charge is 0.462 e. The van der Waals surface area contributed by atoms with Crippen molar-refractivity contribution >= 4 is 39.2 Å². The van der Waals surface area contributed by atoms with Crippen LogP contribution in [0, 0.1) is 0 Å². The van der Waals surface area contributed by atoms with Gasteiger partial charge in [-0.2, -0.15) is 0 Å². The van der Waals surface area contributed by atoms with Gasteiger partial charge in [-0.05, 0) is 65.9 Å². The van der Waals surface area contributed by atoms with E-state index in [0.717, 1.165) is 54.0 Å². The summed E-state index contributed by atoms with van der Waals surface area (Å²) in [5.74, 6) is 0.479. The molecule has 0 aromatic heterocycles. The predicted octanol–water partition coefficient (Wildman–Crippen LogP) is 6.92. The second kappa shape index (κ2) is 14.3. The van der Waals surface area contributed by atoms with Crippen molar-refractivity contribution < 1.29 is 9.53 Å². The Kier molecular flexibility index (Phi) is 12.2. The van der Waals surface area contributed by atoms with Crippen molar-refractivity contribution in [2.24, 2.45) is 0 Å². The number of nitrogens with two attached hydrogens (primary N) is 1. The second-order valence-corrected chi connectivity index (χ2v) is 9.56. The molecule has 0 unspecified atom stereocenters. The van der Waals surface area contributed by atoms with Gasteiger partial charge in [0.2, 0.25) is 0 Å². The molecule has 0 amide bonds. The molecule has 30 heavy (non-hydrogen) atoms. The summed E-state index contributed by atoms with van der Waals surface area (Å²) in [6.45, 7) is 4.43. The molecular weight excluding hydrogens is 464 g/mol. The Hall–Kier alpha value is -0.780. The molecule has 1 aromatic rings. The number of hydrogen-bond donors (Lipinski definition) is 1. The van der Waals surface area contributed by atoms with Gasteiger partial charge in [0, 0.05) is 22.9 Å². The summed E-state index contributed by atoms with van der Waals surface area (Å²) in [6, 6.07) is 4.31. The molecule has 0 aliphatic heterocycles. The second-order valence-electron chi connectivity index (χ2n) is 8.33. The van der Waals surface area contributed by atoms with Gasteiger partial charge in [-0.25, -0.2) is 4.79 Å². The van der Waals surface area contributed by atoms with Crippen LogP contribution in [0.15, 0.2) is 16.6 Å². The molecule has 4 nitrogen and oxygen atoms in total. The fourth-order valence-corrected chi connectivity index (χ4v) is 4.93. The molecule has 6 heteroatoms. The third-order valence-corrected chi connectivity index (χ3v) is 7.01. The third-order valence-electron chi connectivity index (χ3n) is 6.08. The first kappa shape index (κ1) is 25.5. The fraction of sp³-hybridized carbons (Fsp3) is 0.708. The lowest BCUT2D eigenvalue weighted by Crippen LogP contribution is -2.36. The molecule has 1 aliphatic rings. The number of carbonyl (C=O) groups excluding carboxylic acids is 1. The van der Waals surface area contributed by atoms with Gasteiger partial charge in [-0.1, -0.05) is 51.9 Å². The van der Waals surface area contributed by atoms with E-state index in [1.165, 1.54) is 51.4 Å². The fourth-order valence-electron chi connectivity index (χ4n) is 4.24. The van der Waals surface area contributed by atoms with Crippen molar-refractivity contribution in [1.29, 1.82) is 0 Å². The van der Waals surface area contributed by atoms with Gasteiger partial charge in [0.05, 0.1) is 17.9 Å². The lowest BCUT2D eigenvalue weighted by atomic mass is 9.93. The van der Waals surface area contributed by atoms with Crippen molar-refractivity contribution in [3.05, 3.63) is 27.7 Å². The number of hydrogen-bond acceptors (Lipinski definition) is 4. The number of anilines is 1. The molecule has 1 saturated carbocycles. The van der Waals surface area contributed by atoms with E-state index in [2.05, 4.69) is 27.8 Å². The highest BCUT2D eigenvalue weighted by Gasteiger charge is 2.22. The van der Waals surface area contributed by atoms with E-state index in [4.69, 9.17) is 22.1 Å². The van der Waals surface area contributed by atoms with Crippen LogP contribution in [-0.4, -0.2) is 35.9 Å². The maximum Gasteiger partial charge on any atom is 0.338 e. The summed E-state index contributed by atoms with van der Waals surface area (Å²) in [4.78, 5) is 15.1. The summed E-state index contributed by atoms with van der Waals surface area (Å²) in [6.07, 6.45) is 13.1. The zero-order chi connectivity index (χ0) is 21.8.